The first-order valence-corrected chi connectivity index (χ1v) is 6.53. The van der Waals surface area contributed by atoms with Crippen LogP contribution in [0.1, 0.15) is 10.6 Å². The molecule has 0 saturated heterocycles. The fourth-order valence-electron chi connectivity index (χ4n) is 1.72. The van der Waals surface area contributed by atoms with Gasteiger partial charge in [0.15, 0.2) is 0 Å². The van der Waals surface area contributed by atoms with E-state index >= 15 is 0 Å². The second-order valence-electron chi connectivity index (χ2n) is 3.86. The summed E-state index contributed by atoms with van der Waals surface area (Å²) < 4.78 is 10.6. The van der Waals surface area contributed by atoms with Crippen molar-refractivity contribution in [3.63, 3.8) is 0 Å². The molecule has 0 amide bonds. The topological polar surface area (TPSA) is 50.1 Å². The first-order valence-electron chi connectivity index (χ1n) is 5.65. The van der Waals surface area contributed by atoms with Crippen LogP contribution < -0.4 is 0 Å². The van der Waals surface area contributed by atoms with E-state index in [0.717, 1.165) is 16.2 Å². The lowest BCUT2D eigenvalue weighted by Gasteiger charge is -1.92. The molecule has 92 valence electrons. The highest BCUT2D eigenvalue weighted by Gasteiger charge is 2.09. The minimum atomic E-state index is 0.581. The second kappa shape index (κ2) is 5.01. The van der Waals surface area contributed by atoms with E-state index in [1.165, 1.54) is 11.3 Å². The summed E-state index contributed by atoms with van der Waals surface area (Å²) in [5, 5.41) is 11.2. The number of nitriles is 1. The summed E-state index contributed by atoms with van der Waals surface area (Å²) in [6, 6.07) is 11.5. The maximum absolute atomic E-state index is 9.24. The molecular weight excluding hydrogens is 258 g/mol. The Bertz CT molecular complexity index is 728. The zero-order valence-electron chi connectivity index (χ0n) is 9.87. The fourth-order valence-corrected chi connectivity index (χ4v) is 2.59. The maximum atomic E-state index is 9.24. The molecule has 0 radical (unpaired) electrons. The molecule has 3 aromatic heterocycles. The number of furan rings is 2. The molecule has 3 heterocycles. The van der Waals surface area contributed by atoms with E-state index in [4.69, 9.17) is 8.83 Å². The van der Waals surface area contributed by atoms with Crippen molar-refractivity contribution in [3.05, 3.63) is 58.9 Å². The molecule has 0 atom stereocenters. The summed E-state index contributed by atoms with van der Waals surface area (Å²) in [5.41, 5.74) is 1.56. The van der Waals surface area contributed by atoms with Crippen LogP contribution in [0.3, 0.4) is 0 Å². The first-order chi connectivity index (χ1) is 9.36. The number of thiophene rings is 1. The molecule has 0 aromatic carbocycles. The Morgan fingerprint density at radius 2 is 2.05 bits per heavy atom. The van der Waals surface area contributed by atoms with E-state index < -0.39 is 0 Å². The normalized spacial score (nSPS) is 11.4. The van der Waals surface area contributed by atoms with Crippen molar-refractivity contribution in [2.75, 3.05) is 0 Å². The van der Waals surface area contributed by atoms with Crippen molar-refractivity contribution in [1.82, 2.24) is 0 Å². The quantitative estimate of drug-likeness (QED) is 0.648. The Morgan fingerprint density at radius 1 is 1.21 bits per heavy atom. The van der Waals surface area contributed by atoms with Gasteiger partial charge in [-0.2, -0.15) is 5.26 Å². The minimum absolute atomic E-state index is 0.581. The smallest absolute Gasteiger partial charge is 0.134 e. The number of nitrogens with zero attached hydrogens (tertiary/aromatic N) is 1. The molecule has 0 aliphatic rings. The van der Waals surface area contributed by atoms with E-state index in [0.29, 0.717) is 11.3 Å². The molecule has 3 rings (SSSR count). The number of hydrogen-bond donors (Lipinski definition) is 0. The first kappa shape index (κ1) is 11.6. The molecule has 0 aliphatic carbocycles. The SMILES string of the molecule is N#C/C(=C\c1ccco1)c1cc(-c2ccco2)cs1. The molecule has 0 spiro atoms. The molecular formula is C15H9NO2S. The predicted octanol–water partition coefficient (Wildman–Crippen LogP) is 4.67. The zero-order valence-corrected chi connectivity index (χ0v) is 10.7. The minimum Gasteiger partial charge on any atom is -0.465 e. The number of allylic oxidation sites excluding steroid dienone is 1. The van der Waals surface area contributed by atoms with Gasteiger partial charge in [-0.25, -0.2) is 0 Å². The lowest BCUT2D eigenvalue weighted by Crippen LogP contribution is -1.75. The third-order valence-corrected chi connectivity index (χ3v) is 3.58. The molecule has 3 aromatic rings. The van der Waals surface area contributed by atoms with Crippen LogP contribution in [0.5, 0.6) is 0 Å². The summed E-state index contributed by atoms with van der Waals surface area (Å²) in [6.45, 7) is 0. The Balaban J connectivity index is 1.96. The van der Waals surface area contributed by atoms with Gasteiger partial charge in [0.2, 0.25) is 0 Å². The van der Waals surface area contributed by atoms with Gasteiger partial charge >= 0.3 is 0 Å². The molecule has 4 heteroatoms. The van der Waals surface area contributed by atoms with E-state index in [1.807, 2.05) is 29.6 Å². The third kappa shape index (κ3) is 2.37. The van der Waals surface area contributed by atoms with Crippen LogP contribution in [0.25, 0.3) is 23.0 Å². The molecule has 0 saturated carbocycles. The van der Waals surface area contributed by atoms with E-state index in [-0.39, 0.29) is 0 Å². The van der Waals surface area contributed by atoms with Crippen molar-refractivity contribution in [3.8, 4) is 17.4 Å². The van der Waals surface area contributed by atoms with Crippen molar-refractivity contribution < 1.29 is 8.83 Å². The second-order valence-corrected chi connectivity index (χ2v) is 4.77. The van der Waals surface area contributed by atoms with E-state index in [2.05, 4.69) is 6.07 Å². The van der Waals surface area contributed by atoms with Gasteiger partial charge in [-0.05, 0) is 36.4 Å². The van der Waals surface area contributed by atoms with Gasteiger partial charge in [-0.1, -0.05) is 0 Å². The van der Waals surface area contributed by atoms with Gasteiger partial charge in [-0.3, -0.25) is 0 Å². The van der Waals surface area contributed by atoms with Crippen LogP contribution in [0.15, 0.2) is 57.1 Å². The number of hydrogen-bond acceptors (Lipinski definition) is 4. The van der Waals surface area contributed by atoms with Crippen LogP contribution in [0.2, 0.25) is 0 Å². The monoisotopic (exact) mass is 267 g/mol. The van der Waals surface area contributed by atoms with Crippen molar-refractivity contribution in [1.29, 1.82) is 5.26 Å². The summed E-state index contributed by atoms with van der Waals surface area (Å²) in [4.78, 5) is 0.894. The van der Waals surface area contributed by atoms with Crippen LogP contribution in [-0.4, -0.2) is 0 Å². The van der Waals surface area contributed by atoms with Crippen molar-refractivity contribution in [2.24, 2.45) is 0 Å². The molecule has 0 fully saturated rings. The lowest BCUT2D eigenvalue weighted by molar-refractivity contribution is 0.557. The highest BCUT2D eigenvalue weighted by molar-refractivity contribution is 7.11. The Kier molecular flexibility index (Phi) is 3.05. The van der Waals surface area contributed by atoms with E-state index in [1.54, 1.807) is 24.7 Å². The van der Waals surface area contributed by atoms with Gasteiger partial charge in [-0.15, -0.1) is 11.3 Å². The average molecular weight is 267 g/mol. The standard InChI is InChI=1S/C15H9NO2S/c16-9-11(7-13-3-1-5-17-13)15-8-12(10-19-15)14-4-2-6-18-14/h1-8,10H/b11-7+. The van der Waals surface area contributed by atoms with Gasteiger partial charge in [0.05, 0.1) is 18.1 Å². The molecule has 0 unspecified atom stereocenters. The largest absolute Gasteiger partial charge is 0.465 e. The van der Waals surface area contributed by atoms with Crippen molar-refractivity contribution >= 4 is 23.0 Å². The highest BCUT2D eigenvalue weighted by atomic mass is 32.1. The maximum Gasteiger partial charge on any atom is 0.134 e. The molecule has 19 heavy (non-hydrogen) atoms. The Labute approximate surface area is 114 Å². The summed E-state index contributed by atoms with van der Waals surface area (Å²) in [7, 11) is 0. The third-order valence-electron chi connectivity index (χ3n) is 2.62. The van der Waals surface area contributed by atoms with Gasteiger partial charge in [0, 0.05) is 15.8 Å². The molecule has 3 nitrogen and oxygen atoms in total. The van der Waals surface area contributed by atoms with Crippen LogP contribution in [0.4, 0.5) is 0 Å². The zero-order chi connectivity index (χ0) is 13.1. The number of rotatable bonds is 3. The predicted molar refractivity (Wildman–Crippen MR) is 74.2 cm³/mol. The summed E-state index contributed by atoms with van der Waals surface area (Å²) in [5.74, 6) is 1.47. The summed E-state index contributed by atoms with van der Waals surface area (Å²) >= 11 is 1.51. The average Bonchev–Trinajstić information content (AvgIpc) is 3.15. The van der Waals surface area contributed by atoms with Gasteiger partial charge < -0.3 is 8.83 Å². The lowest BCUT2D eigenvalue weighted by atomic mass is 10.1. The van der Waals surface area contributed by atoms with Crippen molar-refractivity contribution in [2.45, 2.75) is 0 Å². The Hall–Kier alpha value is -2.51. The van der Waals surface area contributed by atoms with Crippen LogP contribution in [-0.2, 0) is 0 Å². The van der Waals surface area contributed by atoms with Gasteiger partial charge in [0.1, 0.15) is 17.6 Å². The molecule has 0 aliphatic heterocycles. The van der Waals surface area contributed by atoms with Gasteiger partial charge in [0.25, 0.3) is 0 Å². The molecule has 0 N–H and O–H groups in total. The van der Waals surface area contributed by atoms with Crippen LogP contribution >= 0.6 is 11.3 Å². The molecule has 0 bridgehead atoms. The van der Waals surface area contributed by atoms with E-state index in [9.17, 15) is 5.26 Å². The van der Waals surface area contributed by atoms with Crippen LogP contribution in [0, 0.1) is 11.3 Å². The summed E-state index contributed by atoms with van der Waals surface area (Å²) in [6.07, 6.45) is 4.96. The fraction of sp³-hybridized carbons (Fsp3) is 0. The highest BCUT2D eigenvalue weighted by Crippen LogP contribution is 2.30. The Morgan fingerprint density at radius 3 is 2.74 bits per heavy atom.